The van der Waals surface area contributed by atoms with Crippen LogP contribution in [0, 0.1) is 10.1 Å². The average molecular weight is 336 g/mol. The van der Waals surface area contributed by atoms with Crippen molar-refractivity contribution in [1.82, 2.24) is 10.3 Å². The van der Waals surface area contributed by atoms with Gasteiger partial charge in [0.05, 0.1) is 4.92 Å². The van der Waals surface area contributed by atoms with Crippen molar-refractivity contribution in [2.45, 2.75) is 51.7 Å². The minimum Gasteiger partial charge on any atom is -0.444 e. The quantitative estimate of drug-likeness (QED) is 0.673. The number of rotatable bonds is 3. The van der Waals surface area contributed by atoms with Crippen LogP contribution in [0.4, 0.5) is 16.2 Å². The number of alkyl carbamates (subject to hydrolysis) is 1. The Morgan fingerprint density at radius 2 is 2.17 bits per heavy atom. The summed E-state index contributed by atoms with van der Waals surface area (Å²) in [6.07, 6.45) is 4.77. The molecule has 0 aromatic carbocycles. The van der Waals surface area contributed by atoms with Gasteiger partial charge in [-0.1, -0.05) is 0 Å². The predicted octanol–water partition coefficient (Wildman–Crippen LogP) is 2.87. The molecule has 132 valence electrons. The number of hydrogen-bond acceptors (Lipinski definition) is 6. The normalized spacial score (nSPS) is 18.6. The van der Waals surface area contributed by atoms with Crippen LogP contribution in [0.15, 0.2) is 18.5 Å². The summed E-state index contributed by atoms with van der Waals surface area (Å²) in [5.74, 6) is 0. The van der Waals surface area contributed by atoms with Crippen LogP contribution in [-0.2, 0) is 4.74 Å². The minimum absolute atomic E-state index is 0.00532. The van der Waals surface area contributed by atoms with E-state index >= 15 is 0 Å². The molecule has 1 aliphatic rings. The Morgan fingerprint density at radius 3 is 2.83 bits per heavy atom. The molecule has 8 nitrogen and oxygen atoms in total. The van der Waals surface area contributed by atoms with E-state index in [1.165, 1.54) is 6.20 Å². The number of aromatic nitrogens is 1. The lowest BCUT2D eigenvalue weighted by molar-refractivity contribution is -0.384. The first-order chi connectivity index (χ1) is 11.3. The summed E-state index contributed by atoms with van der Waals surface area (Å²) >= 11 is 0. The lowest BCUT2D eigenvalue weighted by Gasteiger charge is -2.24. The van der Waals surface area contributed by atoms with E-state index in [4.69, 9.17) is 4.74 Å². The second-order valence-corrected chi connectivity index (χ2v) is 6.88. The first-order valence-electron chi connectivity index (χ1n) is 8.09. The first kappa shape index (κ1) is 18.0. The number of amides is 1. The highest BCUT2D eigenvalue weighted by atomic mass is 16.6. The smallest absolute Gasteiger partial charge is 0.407 e. The summed E-state index contributed by atoms with van der Waals surface area (Å²) in [6.45, 7) is 6.81. The zero-order valence-electron chi connectivity index (χ0n) is 14.3. The lowest BCUT2D eigenvalue weighted by atomic mass is 10.1. The zero-order chi connectivity index (χ0) is 17.7. The van der Waals surface area contributed by atoms with Crippen molar-refractivity contribution in [3.8, 4) is 0 Å². The summed E-state index contributed by atoms with van der Waals surface area (Å²) in [7, 11) is 0. The molecule has 1 amide bonds. The van der Waals surface area contributed by atoms with Gasteiger partial charge in [-0.05, 0) is 46.1 Å². The van der Waals surface area contributed by atoms with E-state index in [1.807, 2.05) is 25.7 Å². The molecule has 1 aliphatic heterocycles. The number of carbonyl (C=O) groups is 1. The van der Waals surface area contributed by atoms with Gasteiger partial charge in [0.1, 0.15) is 17.5 Å². The number of nitrogens with zero attached hydrogens (tertiary/aromatic N) is 3. The molecule has 1 saturated heterocycles. The largest absolute Gasteiger partial charge is 0.444 e. The second-order valence-electron chi connectivity index (χ2n) is 6.88. The van der Waals surface area contributed by atoms with Crippen molar-refractivity contribution in [3.05, 3.63) is 28.6 Å². The van der Waals surface area contributed by atoms with E-state index in [2.05, 4.69) is 10.3 Å². The van der Waals surface area contributed by atoms with Gasteiger partial charge in [0, 0.05) is 25.3 Å². The third-order valence-corrected chi connectivity index (χ3v) is 3.76. The number of nitro groups is 1. The molecule has 1 N–H and O–H groups in total. The van der Waals surface area contributed by atoms with Crippen molar-refractivity contribution in [3.63, 3.8) is 0 Å². The van der Waals surface area contributed by atoms with Crippen LogP contribution in [0.5, 0.6) is 0 Å². The molecule has 1 aromatic heterocycles. The standard InChI is InChI=1S/C16H24N4O4/c1-16(2,3)24-15(21)18-12-5-4-9-19(10-7-12)13-6-8-17-11-14(13)20(22)23/h6,8,11-12H,4-5,7,9-10H2,1-3H3,(H,18,21). The van der Waals surface area contributed by atoms with Crippen LogP contribution in [0.2, 0.25) is 0 Å². The van der Waals surface area contributed by atoms with Crippen LogP contribution >= 0.6 is 0 Å². The highest BCUT2D eigenvalue weighted by Crippen LogP contribution is 2.28. The summed E-state index contributed by atoms with van der Waals surface area (Å²) in [6, 6.07) is 1.67. The number of nitrogens with one attached hydrogen (secondary N) is 1. The highest BCUT2D eigenvalue weighted by molar-refractivity contribution is 5.68. The summed E-state index contributed by atoms with van der Waals surface area (Å²) in [4.78, 5) is 28.4. The molecule has 0 saturated carbocycles. The van der Waals surface area contributed by atoms with Gasteiger partial charge in [0.2, 0.25) is 0 Å². The number of ether oxygens (including phenoxy) is 1. The fraction of sp³-hybridized carbons (Fsp3) is 0.625. The monoisotopic (exact) mass is 336 g/mol. The number of carbonyl (C=O) groups excluding carboxylic acids is 1. The fourth-order valence-corrected chi connectivity index (χ4v) is 2.74. The molecule has 8 heteroatoms. The van der Waals surface area contributed by atoms with Crippen LogP contribution < -0.4 is 10.2 Å². The fourth-order valence-electron chi connectivity index (χ4n) is 2.74. The van der Waals surface area contributed by atoms with Gasteiger partial charge in [-0.15, -0.1) is 0 Å². The highest BCUT2D eigenvalue weighted by Gasteiger charge is 2.25. The number of hydrogen-bond donors (Lipinski definition) is 1. The predicted molar refractivity (Wildman–Crippen MR) is 90.1 cm³/mol. The molecule has 0 spiro atoms. The third-order valence-electron chi connectivity index (χ3n) is 3.76. The molecule has 1 fully saturated rings. The van der Waals surface area contributed by atoms with E-state index in [0.29, 0.717) is 25.2 Å². The Balaban J connectivity index is 1.98. The van der Waals surface area contributed by atoms with Gasteiger partial charge in [-0.2, -0.15) is 0 Å². The maximum absolute atomic E-state index is 11.9. The summed E-state index contributed by atoms with van der Waals surface area (Å²) < 4.78 is 5.28. The molecule has 1 atom stereocenters. The molecule has 2 heterocycles. The first-order valence-corrected chi connectivity index (χ1v) is 8.09. The van der Waals surface area contributed by atoms with E-state index in [1.54, 1.807) is 12.3 Å². The Morgan fingerprint density at radius 1 is 1.42 bits per heavy atom. The van der Waals surface area contributed by atoms with Crippen molar-refractivity contribution in [2.75, 3.05) is 18.0 Å². The molecule has 1 aromatic rings. The van der Waals surface area contributed by atoms with E-state index in [-0.39, 0.29) is 11.7 Å². The average Bonchev–Trinajstić information content (AvgIpc) is 2.70. The Bertz CT molecular complexity index is 600. The Hall–Kier alpha value is -2.38. The van der Waals surface area contributed by atoms with Gasteiger partial charge in [0.25, 0.3) is 0 Å². The molecule has 0 aliphatic carbocycles. The van der Waals surface area contributed by atoms with Gasteiger partial charge in [-0.3, -0.25) is 15.1 Å². The number of anilines is 1. The molecule has 2 rings (SSSR count). The van der Waals surface area contributed by atoms with Gasteiger partial charge in [-0.25, -0.2) is 4.79 Å². The Kier molecular flexibility index (Phi) is 5.58. The van der Waals surface area contributed by atoms with Crippen LogP contribution in [0.1, 0.15) is 40.0 Å². The topological polar surface area (TPSA) is 97.6 Å². The molecule has 0 bridgehead atoms. The SMILES string of the molecule is CC(C)(C)OC(=O)NC1CCCN(c2ccncc2[N+](=O)[O-])CC1. The second kappa shape index (κ2) is 7.46. The molecule has 0 radical (unpaired) electrons. The van der Waals surface area contributed by atoms with Crippen LogP contribution in [0.25, 0.3) is 0 Å². The third kappa shape index (κ3) is 5.07. The van der Waals surface area contributed by atoms with Crippen LogP contribution in [0.3, 0.4) is 0 Å². The number of pyridine rings is 1. The molecular formula is C16H24N4O4. The summed E-state index contributed by atoms with van der Waals surface area (Å²) in [5.41, 5.74) is 0.0577. The van der Waals surface area contributed by atoms with Gasteiger partial charge < -0.3 is 15.0 Å². The van der Waals surface area contributed by atoms with E-state index in [9.17, 15) is 14.9 Å². The molecular weight excluding hydrogens is 312 g/mol. The Labute approximate surface area is 141 Å². The van der Waals surface area contributed by atoms with Crippen molar-refractivity contribution in [1.29, 1.82) is 0 Å². The van der Waals surface area contributed by atoms with Crippen LogP contribution in [-0.4, -0.2) is 40.7 Å². The van der Waals surface area contributed by atoms with Crippen molar-refractivity contribution < 1.29 is 14.5 Å². The summed E-state index contributed by atoms with van der Waals surface area (Å²) in [5, 5.41) is 14.0. The van der Waals surface area contributed by atoms with Gasteiger partial charge >= 0.3 is 11.8 Å². The maximum atomic E-state index is 11.9. The van der Waals surface area contributed by atoms with E-state index < -0.39 is 16.6 Å². The van der Waals surface area contributed by atoms with Crippen molar-refractivity contribution >= 4 is 17.5 Å². The lowest BCUT2D eigenvalue weighted by Crippen LogP contribution is -2.39. The molecule has 24 heavy (non-hydrogen) atoms. The van der Waals surface area contributed by atoms with Crippen molar-refractivity contribution in [2.24, 2.45) is 0 Å². The minimum atomic E-state index is -0.529. The van der Waals surface area contributed by atoms with Gasteiger partial charge in [0.15, 0.2) is 0 Å². The zero-order valence-corrected chi connectivity index (χ0v) is 14.3. The molecule has 1 unspecified atom stereocenters. The maximum Gasteiger partial charge on any atom is 0.407 e. The van der Waals surface area contributed by atoms with E-state index in [0.717, 1.165) is 12.8 Å².